The molecule has 10 nitrogen and oxygen atoms in total. The summed E-state index contributed by atoms with van der Waals surface area (Å²) in [6.45, 7) is -0.174. The summed E-state index contributed by atoms with van der Waals surface area (Å²) in [5.74, 6) is 0.858. The molecule has 0 bridgehead atoms. The number of rotatable bonds is 8. The molecular weight excluding hydrogens is 432 g/mol. The highest BCUT2D eigenvalue weighted by molar-refractivity contribution is 7.90. The molecule has 3 N–H and O–H groups in total. The minimum absolute atomic E-state index is 0.174. The molecule has 1 atom stereocenters. The predicted molar refractivity (Wildman–Crippen MR) is 118 cm³/mol. The van der Waals surface area contributed by atoms with Gasteiger partial charge in [-0.3, -0.25) is 0 Å². The van der Waals surface area contributed by atoms with Crippen LogP contribution in [0.4, 0.5) is 17.5 Å². The van der Waals surface area contributed by atoms with Gasteiger partial charge in [-0.25, -0.2) is 13.4 Å². The fourth-order valence-corrected chi connectivity index (χ4v) is 3.63. The molecule has 32 heavy (non-hydrogen) atoms. The lowest BCUT2D eigenvalue weighted by Gasteiger charge is -2.19. The molecule has 164 valence electrons. The van der Waals surface area contributed by atoms with Gasteiger partial charge in [-0.05, 0) is 29.8 Å². The highest BCUT2D eigenvalue weighted by atomic mass is 32.2. The van der Waals surface area contributed by atoms with Crippen LogP contribution in [-0.2, 0) is 9.84 Å². The van der Waals surface area contributed by atoms with Crippen LogP contribution < -0.4 is 10.6 Å². The summed E-state index contributed by atoms with van der Waals surface area (Å²) in [5, 5.41) is 23.8. The van der Waals surface area contributed by atoms with E-state index >= 15 is 0 Å². The van der Waals surface area contributed by atoms with Gasteiger partial charge in [-0.2, -0.15) is 4.98 Å². The highest BCUT2D eigenvalue weighted by Gasteiger charge is 2.18. The van der Waals surface area contributed by atoms with E-state index in [-0.39, 0.29) is 23.3 Å². The molecule has 0 spiro atoms. The first-order valence-corrected chi connectivity index (χ1v) is 11.5. The summed E-state index contributed by atoms with van der Waals surface area (Å²) in [7, 11) is -3.29. The lowest BCUT2D eigenvalue weighted by atomic mass is 10.1. The van der Waals surface area contributed by atoms with Crippen molar-refractivity contribution in [3.05, 3.63) is 72.8 Å². The summed E-state index contributed by atoms with van der Waals surface area (Å²) in [5.41, 5.74) is 1.95. The zero-order chi connectivity index (χ0) is 22.6. The van der Waals surface area contributed by atoms with Crippen LogP contribution in [0.15, 0.2) is 76.5 Å². The molecule has 0 amide bonds. The lowest BCUT2D eigenvalue weighted by molar-refractivity contribution is 0.276. The molecule has 0 aliphatic heterocycles. The Balaban J connectivity index is 1.65. The molecule has 2 heterocycles. The van der Waals surface area contributed by atoms with Crippen LogP contribution in [0.3, 0.4) is 0 Å². The van der Waals surface area contributed by atoms with E-state index in [1.165, 1.54) is 24.7 Å². The van der Waals surface area contributed by atoms with Crippen molar-refractivity contribution in [2.45, 2.75) is 10.9 Å². The fourth-order valence-electron chi connectivity index (χ4n) is 3.00. The van der Waals surface area contributed by atoms with E-state index in [0.29, 0.717) is 17.1 Å². The Bertz CT molecular complexity index is 1280. The zero-order valence-electron chi connectivity index (χ0n) is 17.0. The summed E-state index contributed by atoms with van der Waals surface area (Å²) < 4.78 is 28.6. The molecule has 0 aliphatic rings. The largest absolute Gasteiger partial charge is 0.423 e. The van der Waals surface area contributed by atoms with Crippen LogP contribution in [0.5, 0.6) is 0 Å². The first-order valence-electron chi connectivity index (χ1n) is 9.57. The third kappa shape index (κ3) is 4.90. The van der Waals surface area contributed by atoms with E-state index in [1.54, 1.807) is 12.1 Å². The van der Waals surface area contributed by atoms with Crippen LogP contribution in [-0.4, -0.2) is 46.6 Å². The van der Waals surface area contributed by atoms with Crippen LogP contribution in [0.25, 0.3) is 11.5 Å². The van der Waals surface area contributed by atoms with E-state index in [9.17, 15) is 13.5 Å². The molecule has 0 aliphatic carbocycles. The third-order valence-electron chi connectivity index (χ3n) is 4.61. The first kappa shape index (κ1) is 21.4. The monoisotopic (exact) mass is 452 g/mol. The van der Waals surface area contributed by atoms with E-state index < -0.39 is 15.9 Å². The molecule has 0 saturated carbocycles. The van der Waals surface area contributed by atoms with Crippen molar-refractivity contribution in [2.75, 3.05) is 23.5 Å². The maximum absolute atomic E-state index is 11.7. The van der Waals surface area contributed by atoms with Crippen LogP contribution >= 0.6 is 0 Å². The minimum Gasteiger partial charge on any atom is -0.423 e. The van der Waals surface area contributed by atoms with Gasteiger partial charge < -0.3 is 20.2 Å². The summed E-state index contributed by atoms with van der Waals surface area (Å²) in [4.78, 5) is 9.03. The molecule has 0 fully saturated rings. The summed E-state index contributed by atoms with van der Waals surface area (Å²) in [6, 6.07) is 15.3. The van der Waals surface area contributed by atoms with Gasteiger partial charge in [-0.15, -0.1) is 10.2 Å². The highest BCUT2D eigenvalue weighted by Crippen LogP contribution is 2.29. The van der Waals surface area contributed by atoms with Gasteiger partial charge in [0.05, 0.1) is 23.1 Å². The number of nitrogens with zero attached hydrogens (tertiary/aromatic N) is 4. The zero-order valence-corrected chi connectivity index (χ0v) is 17.8. The molecule has 11 heteroatoms. The fraction of sp³-hybridized carbons (Fsp3) is 0.143. The van der Waals surface area contributed by atoms with Crippen molar-refractivity contribution in [3.8, 4) is 11.5 Å². The Morgan fingerprint density at radius 1 is 1.09 bits per heavy atom. The summed E-state index contributed by atoms with van der Waals surface area (Å²) in [6.07, 6.45) is 3.88. The van der Waals surface area contributed by atoms with Gasteiger partial charge in [0.1, 0.15) is 5.82 Å². The van der Waals surface area contributed by atoms with Crippen molar-refractivity contribution in [1.82, 2.24) is 20.2 Å². The molecule has 4 aromatic rings. The molecule has 2 aromatic heterocycles. The summed E-state index contributed by atoms with van der Waals surface area (Å²) >= 11 is 0. The first-order chi connectivity index (χ1) is 15.4. The van der Waals surface area contributed by atoms with E-state index in [2.05, 4.69) is 30.8 Å². The average molecular weight is 452 g/mol. The molecule has 0 saturated heterocycles. The number of hydrogen-bond donors (Lipinski definition) is 3. The van der Waals surface area contributed by atoms with Crippen molar-refractivity contribution < 1.29 is 17.9 Å². The smallest absolute Gasteiger partial charge is 0.252 e. The maximum atomic E-state index is 11.7. The van der Waals surface area contributed by atoms with Gasteiger partial charge >= 0.3 is 0 Å². The van der Waals surface area contributed by atoms with Gasteiger partial charge in [0, 0.05) is 18.1 Å². The third-order valence-corrected chi connectivity index (χ3v) is 5.74. The van der Waals surface area contributed by atoms with Crippen molar-refractivity contribution in [1.29, 1.82) is 0 Å². The van der Waals surface area contributed by atoms with Crippen LogP contribution in [0.1, 0.15) is 11.6 Å². The van der Waals surface area contributed by atoms with Gasteiger partial charge in [0.15, 0.2) is 9.84 Å². The predicted octanol–water partition coefficient (Wildman–Crippen LogP) is 2.82. The Morgan fingerprint density at radius 2 is 1.84 bits per heavy atom. The Labute approximate surface area is 184 Å². The Kier molecular flexibility index (Phi) is 6.10. The van der Waals surface area contributed by atoms with Crippen molar-refractivity contribution in [3.63, 3.8) is 0 Å². The molecule has 0 radical (unpaired) electrons. The van der Waals surface area contributed by atoms with E-state index in [0.717, 1.165) is 11.8 Å². The van der Waals surface area contributed by atoms with Gasteiger partial charge in [0.2, 0.25) is 12.3 Å². The normalized spacial score (nSPS) is 12.3. The number of sulfone groups is 1. The number of benzene rings is 2. The van der Waals surface area contributed by atoms with Crippen LogP contribution in [0.2, 0.25) is 0 Å². The molecular formula is C21H20N6O4S. The van der Waals surface area contributed by atoms with E-state index in [1.807, 2.05) is 30.3 Å². The Morgan fingerprint density at radius 3 is 2.47 bits per heavy atom. The number of aliphatic hydroxyl groups is 1. The lowest BCUT2D eigenvalue weighted by Crippen LogP contribution is -2.17. The maximum Gasteiger partial charge on any atom is 0.252 e. The average Bonchev–Trinajstić information content (AvgIpc) is 3.33. The Hall–Kier alpha value is -3.83. The standard InChI is InChI=1S/C21H20N6O4S/c1-32(29,30)16-9-7-15(8-10-16)24-21-22-11-17(20-27-23-13-31-20)19(26-21)25-18(12-28)14-5-3-2-4-6-14/h2-11,13,18,28H,12H2,1H3,(H2,22,24,25,26)/t18-/m1/s1. The van der Waals surface area contributed by atoms with Crippen LogP contribution in [0, 0.1) is 0 Å². The topological polar surface area (TPSA) is 143 Å². The SMILES string of the molecule is CS(=O)(=O)c1ccc(Nc2ncc(-c3nnco3)c(N[C@H](CO)c3ccccc3)n2)cc1. The molecule has 2 aromatic carbocycles. The number of anilines is 3. The molecule has 4 rings (SSSR count). The molecule has 0 unspecified atom stereocenters. The van der Waals surface area contributed by atoms with Crippen molar-refractivity contribution >= 4 is 27.3 Å². The van der Waals surface area contributed by atoms with Gasteiger partial charge in [-0.1, -0.05) is 30.3 Å². The number of aromatic nitrogens is 4. The number of aliphatic hydroxyl groups excluding tert-OH is 1. The van der Waals surface area contributed by atoms with Gasteiger partial charge in [0.25, 0.3) is 5.89 Å². The number of nitrogens with one attached hydrogen (secondary N) is 2. The second kappa shape index (κ2) is 9.12. The second-order valence-corrected chi connectivity index (χ2v) is 8.93. The second-order valence-electron chi connectivity index (χ2n) is 6.91. The quantitative estimate of drug-likeness (QED) is 0.365. The van der Waals surface area contributed by atoms with Crippen molar-refractivity contribution in [2.24, 2.45) is 0 Å². The minimum atomic E-state index is -3.29. The van der Waals surface area contributed by atoms with E-state index in [4.69, 9.17) is 4.42 Å². The number of hydrogen-bond acceptors (Lipinski definition) is 10.